The highest BCUT2D eigenvalue weighted by atomic mass is 19.1. The molecule has 27 heavy (non-hydrogen) atoms. The van der Waals surface area contributed by atoms with Crippen molar-refractivity contribution in [3.05, 3.63) is 59.0 Å². The van der Waals surface area contributed by atoms with Crippen LogP contribution >= 0.6 is 0 Å². The van der Waals surface area contributed by atoms with Crippen LogP contribution < -0.4 is 11.1 Å². The van der Waals surface area contributed by atoms with E-state index >= 15 is 0 Å². The number of rotatable bonds is 3. The van der Waals surface area contributed by atoms with E-state index in [9.17, 15) is 13.6 Å². The van der Waals surface area contributed by atoms with Crippen LogP contribution in [0, 0.1) is 25.5 Å². The Morgan fingerprint density at radius 2 is 1.78 bits per heavy atom. The highest BCUT2D eigenvalue weighted by molar-refractivity contribution is 5.96. The molecule has 3 N–H and O–H groups in total. The third-order valence-electron chi connectivity index (χ3n) is 4.43. The summed E-state index contributed by atoms with van der Waals surface area (Å²) in [6, 6.07) is 6.36. The SMILES string of the molecule is Cc1cc2c(cc(NC(N)=O)c3nnc(C)n32)n1Cc1cc(F)cc(F)c1. The maximum absolute atomic E-state index is 13.6. The number of aryl methyl sites for hydroxylation is 2. The number of benzene rings is 1. The van der Waals surface area contributed by atoms with Crippen LogP contribution in [0.1, 0.15) is 17.1 Å². The number of aromatic nitrogens is 4. The molecule has 0 spiro atoms. The Labute approximate surface area is 152 Å². The summed E-state index contributed by atoms with van der Waals surface area (Å²) < 4.78 is 30.8. The van der Waals surface area contributed by atoms with Gasteiger partial charge in [-0.05, 0) is 43.7 Å². The number of fused-ring (bicyclic) bond motifs is 3. The van der Waals surface area contributed by atoms with Gasteiger partial charge in [0.2, 0.25) is 0 Å². The van der Waals surface area contributed by atoms with Crippen LogP contribution in [0.3, 0.4) is 0 Å². The van der Waals surface area contributed by atoms with E-state index in [1.54, 1.807) is 17.4 Å². The number of carbonyl (C=O) groups is 1. The maximum atomic E-state index is 13.6. The summed E-state index contributed by atoms with van der Waals surface area (Å²) in [5.74, 6) is -0.628. The smallest absolute Gasteiger partial charge is 0.316 e. The van der Waals surface area contributed by atoms with Gasteiger partial charge in [0, 0.05) is 18.3 Å². The first-order valence-electron chi connectivity index (χ1n) is 8.19. The van der Waals surface area contributed by atoms with Gasteiger partial charge in [-0.3, -0.25) is 4.40 Å². The van der Waals surface area contributed by atoms with Crippen LogP contribution in [0.2, 0.25) is 0 Å². The molecule has 4 rings (SSSR count). The largest absolute Gasteiger partial charge is 0.351 e. The second-order valence-electron chi connectivity index (χ2n) is 6.37. The third-order valence-corrected chi connectivity index (χ3v) is 4.43. The molecule has 9 heteroatoms. The normalized spacial score (nSPS) is 11.4. The van der Waals surface area contributed by atoms with Gasteiger partial charge in [-0.25, -0.2) is 13.6 Å². The number of primary amides is 1. The summed E-state index contributed by atoms with van der Waals surface area (Å²) in [5.41, 5.74) is 9.06. The summed E-state index contributed by atoms with van der Waals surface area (Å²) in [7, 11) is 0. The van der Waals surface area contributed by atoms with Crippen molar-refractivity contribution in [1.82, 2.24) is 19.2 Å². The first-order chi connectivity index (χ1) is 12.8. The number of nitrogens with zero attached hydrogens (tertiary/aromatic N) is 4. The number of hydrogen-bond donors (Lipinski definition) is 2. The Hall–Kier alpha value is -3.49. The average molecular weight is 370 g/mol. The Morgan fingerprint density at radius 1 is 1.07 bits per heavy atom. The van der Waals surface area contributed by atoms with Gasteiger partial charge < -0.3 is 15.6 Å². The van der Waals surface area contributed by atoms with Crippen molar-refractivity contribution in [2.75, 3.05) is 5.32 Å². The number of halogens is 2. The second-order valence-corrected chi connectivity index (χ2v) is 6.37. The van der Waals surface area contributed by atoms with Gasteiger partial charge in [0.1, 0.15) is 17.5 Å². The molecule has 0 aliphatic heterocycles. The molecule has 0 aliphatic carbocycles. The number of carbonyl (C=O) groups excluding carboxylic acids is 1. The Balaban J connectivity index is 1.95. The molecule has 3 aromatic heterocycles. The number of nitrogens with two attached hydrogens (primary N) is 1. The highest BCUT2D eigenvalue weighted by Crippen LogP contribution is 2.28. The van der Waals surface area contributed by atoms with Crippen LogP contribution in [-0.4, -0.2) is 25.2 Å². The van der Waals surface area contributed by atoms with E-state index in [2.05, 4.69) is 15.5 Å². The Kier molecular flexibility index (Phi) is 3.79. The molecule has 0 saturated carbocycles. The van der Waals surface area contributed by atoms with E-state index in [1.165, 1.54) is 12.1 Å². The van der Waals surface area contributed by atoms with Crippen LogP contribution in [0.25, 0.3) is 16.7 Å². The van der Waals surface area contributed by atoms with Crippen molar-refractivity contribution in [1.29, 1.82) is 0 Å². The fraction of sp³-hybridized carbons (Fsp3) is 0.167. The van der Waals surface area contributed by atoms with Crippen LogP contribution in [0.15, 0.2) is 30.3 Å². The van der Waals surface area contributed by atoms with Crippen molar-refractivity contribution in [2.24, 2.45) is 5.73 Å². The molecule has 0 radical (unpaired) electrons. The molecule has 0 unspecified atom stereocenters. The molecule has 138 valence electrons. The topological polar surface area (TPSA) is 90.2 Å². The first-order valence-corrected chi connectivity index (χ1v) is 8.19. The number of amides is 2. The van der Waals surface area contributed by atoms with E-state index in [4.69, 9.17) is 5.73 Å². The van der Waals surface area contributed by atoms with E-state index in [1.807, 2.05) is 17.6 Å². The molecular weight excluding hydrogens is 354 g/mol. The molecule has 0 bridgehead atoms. The minimum atomic E-state index is -0.723. The average Bonchev–Trinajstić information content (AvgIpc) is 3.08. The lowest BCUT2D eigenvalue weighted by Crippen LogP contribution is -2.20. The van der Waals surface area contributed by atoms with Gasteiger partial charge in [-0.2, -0.15) is 0 Å². The minimum Gasteiger partial charge on any atom is -0.351 e. The fourth-order valence-electron chi connectivity index (χ4n) is 3.35. The molecule has 2 amide bonds. The van der Waals surface area contributed by atoms with Crippen LogP contribution in [0.5, 0.6) is 0 Å². The van der Waals surface area contributed by atoms with Crippen molar-refractivity contribution in [3.63, 3.8) is 0 Å². The molecule has 1 aromatic carbocycles. The molecular formula is C18H16F2N6O. The van der Waals surface area contributed by atoms with Crippen molar-refractivity contribution in [3.8, 4) is 0 Å². The first kappa shape index (κ1) is 17.0. The van der Waals surface area contributed by atoms with Crippen molar-refractivity contribution < 1.29 is 13.6 Å². The predicted molar refractivity (Wildman–Crippen MR) is 96.6 cm³/mol. The van der Waals surface area contributed by atoms with Crippen molar-refractivity contribution >= 4 is 28.4 Å². The van der Waals surface area contributed by atoms with Gasteiger partial charge in [-0.15, -0.1) is 10.2 Å². The standard InChI is InChI=1S/C18H16F2N6O/c1-9-3-16-15(25(9)8-11-4-12(19)6-13(20)5-11)7-14(22-18(21)27)17-24-23-10(2)26(16)17/h3-7H,8H2,1-2H3,(H3,21,22,27). The summed E-state index contributed by atoms with van der Waals surface area (Å²) in [6.45, 7) is 3.94. The summed E-state index contributed by atoms with van der Waals surface area (Å²) >= 11 is 0. The van der Waals surface area contributed by atoms with Gasteiger partial charge in [0.15, 0.2) is 5.65 Å². The monoisotopic (exact) mass is 370 g/mol. The predicted octanol–water partition coefficient (Wildman–Crippen LogP) is 3.12. The number of hydrogen-bond acceptors (Lipinski definition) is 3. The number of pyridine rings is 1. The Morgan fingerprint density at radius 3 is 2.44 bits per heavy atom. The lowest BCUT2D eigenvalue weighted by molar-refractivity contribution is 0.259. The quantitative estimate of drug-likeness (QED) is 0.581. The van der Waals surface area contributed by atoms with Gasteiger partial charge in [-0.1, -0.05) is 0 Å². The molecule has 3 heterocycles. The summed E-state index contributed by atoms with van der Waals surface area (Å²) in [5, 5.41) is 10.7. The van der Waals surface area contributed by atoms with E-state index < -0.39 is 17.7 Å². The van der Waals surface area contributed by atoms with Crippen LogP contribution in [0.4, 0.5) is 19.3 Å². The second kappa shape index (κ2) is 6.04. The zero-order chi connectivity index (χ0) is 19.3. The lowest BCUT2D eigenvalue weighted by Gasteiger charge is -2.11. The van der Waals surface area contributed by atoms with E-state index in [0.717, 1.165) is 22.8 Å². The number of nitrogens with one attached hydrogen (secondary N) is 1. The number of urea groups is 1. The van der Waals surface area contributed by atoms with E-state index in [-0.39, 0.29) is 6.54 Å². The van der Waals surface area contributed by atoms with Crippen molar-refractivity contribution in [2.45, 2.75) is 20.4 Å². The summed E-state index contributed by atoms with van der Waals surface area (Å²) in [4.78, 5) is 11.4. The molecule has 4 aromatic rings. The Bertz CT molecular complexity index is 1190. The highest BCUT2D eigenvalue weighted by Gasteiger charge is 2.17. The van der Waals surface area contributed by atoms with E-state index in [0.29, 0.717) is 22.7 Å². The zero-order valence-corrected chi connectivity index (χ0v) is 14.6. The summed E-state index contributed by atoms with van der Waals surface area (Å²) in [6.07, 6.45) is 0. The lowest BCUT2D eigenvalue weighted by atomic mass is 10.2. The fourth-order valence-corrected chi connectivity index (χ4v) is 3.35. The van der Waals surface area contributed by atoms with Gasteiger partial charge >= 0.3 is 6.03 Å². The molecule has 0 fully saturated rings. The zero-order valence-electron chi connectivity index (χ0n) is 14.6. The molecule has 7 nitrogen and oxygen atoms in total. The maximum Gasteiger partial charge on any atom is 0.316 e. The third kappa shape index (κ3) is 2.86. The number of anilines is 1. The van der Waals surface area contributed by atoms with Gasteiger partial charge in [0.25, 0.3) is 0 Å². The minimum absolute atomic E-state index is 0.257. The molecule has 0 atom stereocenters. The molecule has 0 aliphatic rings. The van der Waals surface area contributed by atoms with Crippen LogP contribution in [-0.2, 0) is 6.54 Å². The van der Waals surface area contributed by atoms with Gasteiger partial charge in [0.05, 0.1) is 16.7 Å². The molecule has 0 saturated heterocycles.